The second kappa shape index (κ2) is 7.69. The van der Waals surface area contributed by atoms with Crippen molar-refractivity contribution < 1.29 is 9.90 Å². The van der Waals surface area contributed by atoms with E-state index in [1.807, 2.05) is 37.3 Å². The van der Waals surface area contributed by atoms with Gasteiger partial charge in [0.05, 0.1) is 6.54 Å². The maximum Gasteiger partial charge on any atom is 0.263 e. The third-order valence-electron chi connectivity index (χ3n) is 4.46. The Morgan fingerprint density at radius 1 is 1.21 bits per heavy atom. The van der Waals surface area contributed by atoms with Gasteiger partial charge in [-0.05, 0) is 30.7 Å². The lowest BCUT2D eigenvalue weighted by molar-refractivity contribution is 0.102. The van der Waals surface area contributed by atoms with E-state index in [4.69, 9.17) is 11.6 Å². The number of benzene rings is 2. The molecule has 8 heteroatoms. The lowest BCUT2D eigenvalue weighted by atomic mass is 10.1. The molecule has 0 bridgehead atoms. The first kappa shape index (κ1) is 19.2. The van der Waals surface area contributed by atoms with Gasteiger partial charge in [-0.15, -0.1) is 11.3 Å². The lowest BCUT2D eigenvalue weighted by Gasteiger charge is -2.15. The van der Waals surface area contributed by atoms with Crippen LogP contribution in [-0.2, 0) is 6.54 Å². The molecule has 0 atom stereocenters. The van der Waals surface area contributed by atoms with Crippen molar-refractivity contribution in [2.75, 3.05) is 5.32 Å². The van der Waals surface area contributed by atoms with Crippen LogP contribution in [-0.4, -0.2) is 20.6 Å². The number of nitrogens with one attached hydrogen (secondary N) is 1. The van der Waals surface area contributed by atoms with Gasteiger partial charge >= 0.3 is 0 Å². The van der Waals surface area contributed by atoms with Crippen molar-refractivity contribution in [3.63, 3.8) is 0 Å². The van der Waals surface area contributed by atoms with E-state index in [0.29, 0.717) is 15.5 Å². The highest BCUT2D eigenvalue weighted by atomic mass is 35.5. The average Bonchev–Trinajstić information content (AvgIpc) is 3.10. The van der Waals surface area contributed by atoms with Crippen LogP contribution in [0, 0.1) is 6.92 Å². The molecule has 0 aliphatic carbocycles. The summed E-state index contributed by atoms with van der Waals surface area (Å²) in [5, 5.41) is 15.0. The van der Waals surface area contributed by atoms with E-state index in [1.54, 1.807) is 18.3 Å². The van der Waals surface area contributed by atoms with E-state index in [1.165, 1.54) is 22.0 Å². The Hall–Kier alpha value is -3.16. The molecule has 2 heterocycles. The topological polar surface area (TPSA) is 84.2 Å². The van der Waals surface area contributed by atoms with Crippen molar-refractivity contribution in [2.24, 2.45) is 0 Å². The molecule has 2 aromatic heterocycles. The van der Waals surface area contributed by atoms with E-state index in [-0.39, 0.29) is 17.5 Å². The van der Waals surface area contributed by atoms with E-state index in [0.717, 1.165) is 10.4 Å². The van der Waals surface area contributed by atoms with Crippen molar-refractivity contribution >= 4 is 44.7 Å². The number of hydrogen-bond acceptors (Lipinski definition) is 5. The smallest absolute Gasteiger partial charge is 0.263 e. The first-order chi connectivity index (χ1) is 13.9. The molecule has 0 aliphatic rings. The zero-order valence-electron chi connectivity index (χ0n) is 15.3. The van der Waals surface area contributed by atoms with Crippen LogP contribution in [0.3, 0.4) is 0 Å². The summed E-state index contributed by atoms with van der Waals surface area (Å²) in [6.07, 6.45) is 1.64. The molecule has 1 amide bonds. The van der Waals surface area contributed by atoms with E-state index >= 15 is 0 Å². The number of thiazole rings is 1. The summed E-state index contributed by atoms with van der Waals surface area (Å²) in [4.78, 5) is 31.1. The van der Waals surface area contributed by atoms with Gasteiger partial charge in [0, 0.05) is 26.9 Å². The normalized spacial score (nSPS) is 11.0. The molecule has 2 aromatic carbocycles. The number of halogens is 1. The van der Waals surface area contributed by atoms with E-state index in [9.17, 15) is 14.7 Å². The van der Waals surface area contributed by atoms with Crippen molar-refractivity contribution in [3.8, 4) is 5.88 Å². The van der Waals surface area contributed by atoms with Crippen LogP contribution >= 0.6 is 22.9 Å². The predicted octanol–water partition coefficient (Wildman–Crippen LogP) is 4.43. The number of fused-ring (bicyclic) bond motifs is 1. The molecular formula is C21H16ClN3O3S. The Bertz CT molecular complexity index is 1280. The van der Waals surface area contributed by atoms with E-state index in [2.05, 4.69) is 10.3 Å². The lowest BCUT2D eigenvalue weighted by Crippen LogP contribution is -2.25. The number of hydrogen-bond donors (Lipinski definition) is 2. The second-order valence-corrected chi connectivity index (χ2v) is 8.17. The Balaban J connectivity index is 1.90. The Kier molecular flexibility index (Phi) is 5.08. The minimum atomic E-state index is -0.564. The van der Waals surface area contributed by atoms with Crippen molar-refractivity contribution in [2.45, 2.75) is 13.5 Å². The van der Waals surface area contributed by atoms with Gasteiger partial charge in [0.25, 0.3) is 11.5 Å². The molecule has 0 saturated carbocycles. The van der Waals surface area contributed by atoms with Gasteiger partial charge in [0.2, 0.25) is 5.88 Å². The predicted molar refractivity (Wildman–Crippen MR) is 115 cm³/mol. The van der Waals surface area contributed by atoms with Gasteiger partial charge < -0.3 is 5.11 Å². The molecule has 2 N–H and O–H groups in total. The van der Waals surface area contributed by atoms with Crippen LogP contribution in [0.4, 0.5) is 5.13 Å². The monoisotopic (exact) mass is 425 g/mol. The summed E-state index contributed by atoms with van der Waals surface area (Å²) in [6, 6.07) is 13.9. The van der Waals surface area contributed by atoms with Crippen molar-refractivity contribution in [1.29, 1.82) is 0 Å². The standard InChI is InChI=1S/C21H16ClN3O3S/c1-12-10-23-21(29-12)24-18(26)17-16-9-14(22)7-8-15(16)19(27)25(20(17)28)11-13-5-3-2-4-6-13/h2-10,28H,11H2,1H3,(H,23,24,26). The summed E-state index contributed by atoms with van der Waals surface area (Å²) in [5.74, 6) is -0.981. The average molecular weight is 426 g/mol. The molecule has 0 unspecified atom stereocenters. The van der Waals surface area contributed by atoms with Crippen molar-refractivity contribution in [1.82, 2.24) is 9.55 Å². The molecule has 0 spiro atoms. The van der Waals surface area contributed by atoms with Gasteiger partial charge in [0.1, 0.15) is 5.56 Å². The van der Waals surface area contributed by atoms with Gasteiger partial charge in [-0.3, -0.25) is 19.5 Å². The Labute approximate surface area is 175 Å². The summed E-state index contributed by atoms with van der Waals surface area (Å²) in [7, 11) is 0. The number of carbonyl (C=O) groups excluding carboxylic acids is 1. The number of carbonyl (C=O) groups is 1. The third kappa shape index (κ3) is 3.74. The van der Waals surface area contributed by atoms with Crippen LogP contribution < -0.4 is 10.9 Å². The molecule has 4 aromatic rings. The third-order valence-corrected chi connectivity index (χ3v) is 5.52. The zero-order chi connectivity index (χ0) is 20.5. The fourth-order valence-electron chi connectivity index (χ4n) is 3.12. The van der Waals surface area contributed by atoms with Gasteiger partial charge in [-0.2, -0.15) is 0 Å². The maximum atomic E-state index is 13.0. The van der Waals surface area contributed by atoms with Crippen LogP contribution in [0.5, 0.6) is 5.88 Å². The van der Waals surface area contributed by atoms with Crippen LogP contribution in [0.15, 0.2) is 59.5 Å². The molecule has 146 valence electrons. The first-order valence-corrected chi connectivity index (χ1v) is 9.96. The molecule has 6 nitrogen and oxygen atoms in total. The number of rotatable bonds is 4. The number of aryl methyl sites for hydroxylation is 1. The summed E-state index contributed by atoms with van der Waals surface area (Å²) < 4.78 is 1.19. The second-order valence-electron chi connectivity index (χ2n) is 6.50. The summed E-state index contributed by atoms with van der Waals surface area (Å²) >= 11 is 7.42. The quantitative estimate of drug-likeness (QED) is 0.506. The molecular weight excluding hydrogens is 410 g/mol. The molecule has 0 aliphatic heterocycles. The Morgan fingerprint density at radius 3 is 2.66 bits per heavy atom. The van der Waals surface area contributed by atoms with Gasteiger partial charge in [0.15, 0.2) is 5.13 Å². The van der Waals surface area contributed by atoms with Crippen molar-refractivity contribution in [3.05, 3.63) is 86.1 Å². The Morgan fingerprint density at radius 2 is 1.97 bits per heavy atom. The minimum Gasteiger partial charge on any atom is -0.494 e. The number of pyridine rings is 1. The molecule has 0 saturated heterocycles. The molecule has 0 radical (unpaired) electrons. The minimum absolute atomic E-state index is 0.0223. The van der Waals surface area contributed by atoms with Crippen LogP contribution in [0.1, 0.15) is 20.8 Å². The number of amides is 1. The maximum absolute atomic E-state index is 13.0. The largest absolute Gasteiger partial charge is 0.494 e. The molecule has 29 heavy (non-hydrogen) atoms. The summed E-state index contributed by atoms with van der Waals surface area (Å²) in [6.45, 7) is 2.00. The number of nitrogens with zero attached hydrogens (tertiary/aromatic N) is 2. The van der Waals surface area contributed by atoms with Crippen LogP contribution in [0.25, 0.3) is 10.8 Å². The highest BCUT2D eigenvalue weighted by molar-refractivity contribution is 7.15. The van der Waals surface area contributed by atoms with Gasteiger partial charge in [-0.1, -0.05) is 41.9 Å². The molecule has 0 fully saturated rings. The number of anilines is 1. The number of aromatic nitrogens is 2. The number of aromatic hydroxyl groups is 1. The van der Waals surface area contributed by atoms with E-state index < -0.39 is 17.3 Å². The van der Waals surface area contributed by atoms with Crippen LogP contribution in [0.2, 0.25) is 5.02 Å². The fourth-order valence-corrected chi connectivity index (χ4v) is 3.95. The van der Waals surface area contributed by atoms with Gasteiger partial charge in [-0.25, -0.2) is 4.98 Å². The highest BCUT2D eigenvalue weighted by Gasteiger charge is 2.23. The fraction of sp³-hybridized carbons (Fsp3) is 0.0952. The summed E-state index contributed by atoms with van der Waals surface area (Å²) in [5.41, 5.74) is 0.394. The zero-order valence-corrected chi connectivity index (χ0v) is 16.9. The molecule has 4 rings (SSSR count). The SMILES string of the molecule is Cc1cnc(NC(=O)c2c(O)n(Cc3ccccc3)c(=O)c3ccc(Cl)cc23)s1. The first-order valence-electron chi connectivity index (χ1n) is 8.77. The highest BCUT2D eigenvalue weighted by Crippen LogP contribution is 2.29.